The summed E-state index contributed by atoms with van der Waals surface area (Å²) in [5.41, 5.74) is 1.41. The Bertz CT molecular complexity index is 574. The van der Waals surface area contributed by atoms with Crippen molar-refractivity contribution in [3.05, 3.63) is 17.3 Å². The molecule has 7 heteroatoms. The molecular formula is C9H10N4O2S. The van der Waals surface area contributed by atoms with Crippen LogP contribution < -0.4 is 0 Å². The summed E-state index contributed by atoms with van der Waals surface area (Å²) in [5, 5.41) is 0. The van der Waals surface area contributed by atoms with Crippen LogP contribution in [0.15, 0.2) is 12.7 Å². The van der Waals surface area contributed by atoms with Gasteiger partial charge >= 0.3 is 5.97 Å². The largest absolute Gasteiger partial charge is 0.469 e. The second-order valence-corrected chi connectivity index (χ2v) is 3.56. The summed E-state index contributed by atoms with van der Waals surface area (Å²) in [4.78, 5) is 22.0. The molecule has 0 radical (unpaired) electrons. The maximum absolute atomic E-state index is 11.0. The molecule has 0 atom stereocenters. The van der Waals surface area contributed by atoms with Crippen LogP contribution in [-0.2, 0) is 16.1 Å². The Labute approximate surface area is 96.3 Å². The molecular weight excluding hydrogens is 228 g/mol. The Balaban J connectivity index is 2.29. The third-order valence-corrected chi connectivity index (χ3v) is 2.51. The number of aromatic amines is 1. The van der Waals surface area contributed by atoms with Crippen molar-refractivity contribution in [1.29, 1.82) is 0 Å². The van der Waals surface area contributed by atoms with Crippen LogP contribution in [0.2, 0.25) is 0 Å². The molecule has 0 unspecified atom stereocenters. The highest BCUT2D eigenvalue weighted by Gasteiger charge is 2.06. The lowest BCUT2D eigenvalue weighted by Crippen LogP contribution is -2.06. The zero-order chi connectivity index (χ0) is 11.5. The van der Waals surface area contributed by atoms with Crippen molar-refractivity contribution in [2.24, 2.45) is 0 Å². The van der Waals surface area contributed by atoms with Crippen molar-refractivity contribution in [3.8, 4) is 0 Å². The highest BCUT2D eigenvalue weighted by molar-refractivity contribution is 7.71. The molecule has 0 amide bonds. The quantitative estimate of drug-likeness (QED) is 0.639. The maximum Gasteiger partial charge on any atom is 0.307 e. The molecule has 0 saturated carbocycles. The van der Waals surface area contributed by atoms with E-state index in [9.17, 15) is 4.79 Å². The monoisotopic (exact) mass is 238 g/mol. The highest BCUT2D eigenvalue weighted by atomic mass is 32.1. The molecule has 0 fully saturated rings. The van der Waals surface area contributed by atoms with Gasteiger partial charge in [0.2, 0.25) is 0 Å². The molecule has 2 aromatic rings. The number of carbonyl (C=O) groups excluding carboxylic acids is 1. The van der Waals surface area contributed by atoms with E-state index in [-0.39, 0.29) is 5.97 Å². The minimum absolute atomic E-state index is 0.255. The third-order valence-electron chi connectivity index (χ3n) is 2.21. The first kappa shape index (κ1) is 10.7. The molecule has 16 heavy (non-hydrogen) atoms. The summed E-state index contributed by atoms with van der Waals surface area (Å²) in [5.74, 6) is -0.255. The first-order chi connectivity index (χ1) is 7.72. The number of rotatable bonds is 3. The van der Waals surface area contributed by atoms with E-state index in [1.807, 2.05) is 4.57 Å². The van der Waals surface area contributed by atoms with Crippen LogP contribution in [0.1, 0.15) is 6.42 Å². The van der Waals surface area contributed by atoms with Crippen molar-refractivity contribution >= 4 is 29.4 Å². The molecule has 0 aromatic carbocycles. The Hall–Kier alpha value is -1.76. The third kappa shape index (κ3) is 1.94. The predicted molar refractivity (Wildman–Crippen MR) is 59.3 cm³/mol. The van der Waals surface area contributed by atoms with Gasteiger partial charge in [-0.1, -0.05) is 12.2 Å². The lowest BCUT2D eigenvalue weighted by Gasteiger charge is -2.02. The SMILES string of the molecule is COC(=O)CCn1cnc2c(=S)nc[nH]c21. The smallest absolute Gasteiger partial charge is 0.307 e. The lowest BCUT2D eigenvalue weighted by atomic mass is 10.4. The van der Waals surface area contributed by atoms with E-state index in [0.29, 0.717) is 23.1 Å². The van der Waals surface area contributed by atoms with Crippen LogP contribution in [0.4, 0.5) is 0 Å². The Morgan fingerprint density at radius 1 is 1.62 bits per heavy atom. The molecule has 0 aliphatic carbocycles. The van der Waals surface area contributed by atoms with E-state index in [4.69, 9.17) is 12.2 Å². The van der Waals surface area contributed by atoms with Gasteiger partial charge < -0.3 is 14.3 Å². The van der Waals surface area contributed by atoms with Crippen molar-refractivity contribution in [3.63, 3.8) is 0 Å². The Morgan fingerprint density at radius 3 is 3.19 bits per heavy atom. The second-order valence-electron chi connectivity index (χ2n) is 3.17. The number of imidazole rings is 1. The van der Waals surface area contributed by atoms with Crippen LogP contribution >= 0.6 is 12.2 Å². The van der Waals surface area contributed by atoms with Gasteiger partial charge in [-0.2, -0.15) is 0 Å². The van der Waals surface area contributed by atoms with Crippen LogP contribution in [0.25, 0.3) is 11.2 Å². The van der Waals surface area contributed by atoms with E-state index < -0.39 is 0 Å². The molecule has 0 aliphatic heterocycles. The van der Waals surface area contributed by atoms with Gasteiger partial charge in [-0.05, 0) is 0 Å². The molecule has 84 valence electrons. The maximum atomic E-state index is 11.0. The van der Waals surface area contributed by atoms with E-state index >= 15 is 0 Å². The van der Waals surface area contributed by atoms with Crippen molar-refractivity contribution in [2.45, 2.75) is 13.0 Å². The summed E-state index contributed by atoms with van der Waals surface area (Å²) in [6.07, 6.45) is 3.44. The summed E-state index contributed by atoms with van der Waals surface area (Å²) in [6, 6.07) is 0. The number of fused-ring (bicyclic) bond motifs is 1. The fourth-order valence-corrected chi connectivity index (χ4v) is 1.59. The highest BCUT2D eigenvalue weighted by Crippen LogP contribution is 2.09. The van der Waals surface area contributed by atoms with E-state index in [0.717, 1.165) is 5.65 Å². The van der Waals surface area contributed by atoms with Crippen molar-refractivity contribution < 1.29 is 9.53 Å². The number of aryl methyl sites for hydroxylation is 1. The number of carbonyl (C=O) groups is 1. The predicted octanol–water partition coefficient (Wildman–Crippen LogP) is 1.05. The molecule has 2 heterocycles. The van der Waals surface area contributed by atoms with Crippen LogP contribution in [-0.4, -0.2) is 32.6 Å². The van der Waals surface area contributed by atoms with E-state index in [2.05, 4.69) is 19.7 Å². The van der Waals surface area contributed by atoms with Gasteiger partial charge in [0.05, 0.1) is 26.2 Å². The van der Waals surface area contributed by atoms with Crippen molar-refractivity contribution in [2.75, 3.05) is 7.11 Å². The average Bonchev–Trinajstić information content (AvgIpc) is 2.70. The minimum atomic E-state index is -0.255. The van der Waals surface area contributed by atoms with Gasteiger partial charge in [0.15, 0.2) is 4.64 Å². The lowest BCUT2D eigenvalue weighted by molar-refractivity contribution is -0.140. The number of aromatic nitrogens is 4. The van der Waals surface area contributed by atoms with Crippen LogP contribution in [0.3, 0.4) is 0 Å². The number of ether oxygens (including phenoxy) is 1. The van der Waals surface area contributed by atoms with Crippen LogP contribution in [0, 0.1) is 4.64 Å². The van der Waals surface area contributed by atoms with Gasteiger partial charge in [-0.3, -0.25) is 4.79 Å². The molecule has 2 rings (SSSR count). The summed E-state index contributed by atoms with van der Waals surface area (Å²) >= 11 is 5.03. The molecule has 2 aromatic heterocycles. The molecule has 0 spiro atoms. The number of H-pyrrole nitrogens is 1. The molecule has 6 nitrogen and oxygen atoms in total. The normalized spacial score (nSPS) is 10.6. The summed E-state index contributed by atoms with van der Waals surface area (Å²) in [6.45, 7) is 0.498. The van der Waals surface area contributed by atoms with Gasteiger partial charge in [-0.25, -0.2) is 9.97 Å². The Morgan fingerprint density at radius 2 is 2.44 bits per heavy atom. The average molecular weight is 238 g/mol. The summed E-state index contributed by atoms with van der Waals surface area (Å²) in [7, 11) is 1.37. The number of methoxy groups -OCH3 is 1. The van der Waals surface area contributed by atoms with Crippen molar-refractivity contribution in [1.82, 2.24) is 19.5 Å². The van der Waals surface area contributed by atoms with Gasteiger partial charge in [0, 0.05) is 6.54 Å². The van der Waals surface area contributed by atoms with Gasteiger partial charge in [0.25, 0.3) is 0 Å². The number of nitrogens with one attached hydrogen (secondary N) is 1. The molecule has 1 N–H and O–H groups in total. The molecule has 0 bridgehead atoms. The first-order valence-corrected chi connectivity index (χ1v) is 5.08. The minimum Gasteiger partial charge on any atom is -0.469 e. The molecule has 0 aliphatic rings. The van der Waals surface area contributed by atoms with Crippen LogP contribution in [0.5, 0.6) is 0 Å². The first-order valence-electron chi connectivity index (χ1n) is 4.67. The van der Waals surface area contributed by atoms with E-state index in [1.54, 1.807) is 6.33 Å². The fourth-order valence-electron chi connectivity index (χ4n) is 1.39. The zero-order valence-corrected chi connectivity index (χ0v) is 9.45. The number of hydrogen-bond donors (Lipinski definition) is 1. The zero-order valence-electron chi connectivity index (χ0n) is 8.64. The van der Waals surface area contributed by atoms with Gasteiger partial charge in [0.1, 0.15) is 11.2 Å². The molecule has 0 saturated heterocycles. The standard InChI is InChI=1S/C9H10N4O2S/c1-15-6(14)2-3-13-5-12-7-8(13)10-4-11-9(7)16/h4-5H,2-3H2,1H3,(H,10,11,16). The van der Waals surface area contributed by atoms with Gasteiger partial charge in [-0.15, -0.1) is 0 Å². The number of hydrogen-bond acceptors (Lipinski definition) is 5. The number of esters is 1. The Kier molecular flexibility index (Phi) is 2.95. The second kappa shape index (κ2) is 4.40. The van der Waals surface area contributed by atoms with E-state index in [1.165, 1.54) is 13.4 Å². The number of nitrogens with zero attached hydrogens (tertiary/aromatic N) is 3. The summed E-state index contributed by atoms with van der Waals surface area (Å²) < 4.78 is 6.83. The fraction of sp³-hybridized carbons (Fsp3) is 0.333. The topological polar surface area (TPSA) is 72.8 Å².